The van der Waals surface area contributed by atoms with Gasteiger partial charge < -0.3 is 9.84 Å². The number of hydrogen-bond donors (Lipinski definition) is 1. The van der Waals surface area contributed by atoms with Gasteiger partial charge in [-0.3, -0.25) is 0 Å². The third-order valence-corrected chi connectivity index (χ3v) is 2.16. The van der Waals surface area contributed by atoms with Crippen LogP contribution >= 0.6 is 0 Å². The predicted octanol–water partition coefficient (Wildman–Crippen LogP) is 2.87. The van der Waals surface area contributed by atoms with Gasteiger partial charge in [0.2, 0.25) is 0 Å². The monoisotopic (exact) mass is 220 g/mol. The SMILES string of the molecule is CCC(C/C=C/C(=O)O)Oc1ccccc1. The van der Waals surface area contributed by atoms with Crippen molar-refractivity contribution in [1.82, 2.24) is 0 Å². The van der Waals surface area contributed by atoms with Gasteiger partial charge in [-0.25, -0.2) is 4.79 Å². The molecule has 1 N–H and O–H groups in total. The summed E-state index contributed by atoms with van der Waals surface area (Å²) in [5.74, 6) is -0.104. The Morgan fingerprint density at radius 1 is 1.44 bits per heavy atom. The topological polar surface area (TPSA) is 46.5 Å². The average Bonchev–Trinajstić information content (AvgIpc) is 2.28. The number of carboxylic acids is 1. The number of aliphatic carboxylic acids is 1. The number of ether oxygens (including phenoxy) is 1. The number of para-hydroxylation sites is 1. The van der Waals surface area contributed by atoms with E-state index in [-0.39, 0.29) is 6.10 Å². The molecule has 0 radical (unpaired) electrons. The van der Waals surface area contributed by atoms with Crippen LogP contribution in [0, 0.1) is 0 Å². The van der Waals surface area contributed by atoms with Crippen LogP contribution in [0.1, 0.15) is 19.8 Å². The molecule has 86 valence electrons. The van der Waals surface area contributed by atoms with E-state index in [4.69, 9.17) is 9.84 Å². The number of benzene rings is 1. The molecule has 0 fully saturated rings. The Balaban J connectivity index is 2.46. The van der Waals surface area contributed by atoms with Crippen LogP contribution in [0.15, 0.2) is 42.5 Å². The van der Waals surface area contributed by atoms with E-state index in [2.05, 4.69) is 0 Å². The minimum absolute atomic E-state index is 0.0259. The van der Waals surface area contributed by atoms with Gasteiger partial charge in [0.05, 0.1) is 0 Å². The van der Waals surface area contributed by atoms with Crippen LogP contribution in [0.2, 0.25) is 0 Å². The zero-order valence-electron chi connectivity index (χ0n) is 9.30. The quantitative estimate of drug-likeness (QED) is 0.750. The molecule has 0 bridgehead atoms. The lowest BCUT2D eigenvalue weighted by molar-refractivity contribution is -0.131. The molecule has 0 aliphatic carbocycles. The highest BCUT2D eigenvalue weighted by Crippen LogP contribution is 2.14. The van der Waals surface area contributed by atoms with E-state index in [1.165, 1.54) is 0 Å². The summed E-state index contributed by atoms with van der Waals surface area (Å²) in [7, 11) is 0. The maximum atomic E-state index is 10.3. The smallest absolute Gasteiger partial charge is 0.327 e. The van der Waals surface area contributed by atoms with E-state index in [9.17, 15) is 4.79 Å². The van der Waals surface area contributed by atoms with Crippen molar-refractivity contribution in [2.45, 2.75) is 25.9 Å². The predicted molar refractivity (Wildman–Crippen MR) is 62.5 cm³/mol. The van der Waals surface area contributed by atoms with Crippen molar-refractivity contribution in [2.24, 2.45) is 0 Å². The summed E-state index contributed by atoms with van der Waals surface area (Å²) in [6, 6.07) is 9.54. The molecule has 0 saturated heterocycles. The molecule has 1 rings (SSSR count). The third kappa shape index (κ3) is 4.64. The molecular formula is C13H16O3. The van der Waals surface area contributed by atoms with Crippen LogP contribution in [0.3, 0.4) is 0 Å². The van der Waals surface area contributed by atoms with Gasteiger partial charge in [0.15, 0.2) is 0 Å². The van der Waals surface area contributed by atoms with Crippen LogP contribution in [0.4, 0.5) is 0 Å². The highest BCUT2D eigenvalue weighted by molar-refractivity contribution is 5.79. The van der Waals surface area contributed by atoms with E-state index < -0.39 is 5.97 Å². The second kappa shape index (κ2) is 6.67. The summed E-state index contributed by atoms with van der Waals surface area (Å²) in [5.41, 5.74) is 0. The Kier molecular flexibility index (Phi) is 5.12. The van der Waals surface area contributed by atoms with Gasteiger partial charge in [-0.2, -0.15) is 0 Å². The number of hydrogen-bond acceptors (Lipinski definition) is 2. The molecule has 0 amide bonds. The minimum atomic E-state index is -0.922. The zero-order chi connectivity index (χ0) is 11.8. The lowest BCUT2D eigenvalue weighted by Gasteiger charge is -2.15. The summed E-state index contributed by atoms with van der Waals surface area (Å²) in [6.45, 7) is 2.02. The second-order valence-electron chi connectivity index (χ2n) is 3.44. The van der Waals surface area contributed by atoms with Gasteiger partial charge in [-0.05, 0) is 18.6 Å². The lowest BCUT2D eigenvalue weighted by Crippen LogP contribution is -2.14. The second-order valence-corrected chi connectivity index (χ2v) is 3.44. The normalized spacial score (nSPS) is 12.6. The van der Waals surface area contributed by atoms with Crippen LogP contribution in [-0.2, 0) is 4.79 Å². The standard InChI is InChI=1S/C13H16O3/c1-2-11(9-6-10-13(14)15)16-12-7-4-3-5-8-12/h3-8,10-11H,2,9H2,1H3,(H,14,15)/b10-6+. The third-order valence-electron chi connectivity index (χ3n) is 2.16. The Hall–Kier alpha value is -1.77. The van der Waals surface area contributed by atoms with Crippen molar-refractivity contribution < 1.29 is 14.6 Å². The molecule has 1 aromatic rings. The first-order chi connectivity index (χ1) is 7.72. The molecule has 0 aliphatic rings. The van der Waals surface area contributed by atoms with Crippen LogP contribution in [0.25, 0.3) is 0 Å². The number of carbonyl (C=O) groups is 1. The van der Waals surface area contributed by atoms with Gasteiger partial charge in [0.25, 0.3) is 0 Å². The van der Waals surface area contributed by atoms with E-state index in [0.717, 1.165) is 18.2 Å². The molecule has 0 heterocycles. The maximum Gasteiger partial charge on any atom is 0.327 e. The van der Waals surface area contributed by atoms with Crippen molar-refractivity contribution in [3.05, 3.63) is 42.5 Å². The minimum Gasteiger partial charge on any atom is -0.490 e. The molecule has 1 unspecified atom stereocenters. The molecule has 3 heteroatoms. The van der Waals surface area contributed by atoms with Gasteiger partial charge in [0, 0.05) is 12.5 Å². The van der Waals surface area contributed by atoms with E-state index in [1.807, 2.05) is 37.3 Å². The molecule has 0 saturated carbocycles. The number of rotatable bonds is 6. The summed E-state index contributed by atoms with van der Waals surface area (Å²) >= 11 is 0. The zero-order valence-corrected chi connectivity index (χ0v) is 9.30. The van der Waals surface area contributed by atoms with Crippen LogP contribution in [-0.4, -0.2) is 17.2 Å². The maximum absolute atomic E-state index is 10.3. The van der Waals surface area contributed by atoms with Crippen molar-refractivity contribution in [2.75, 3.05) is 0 Å². The molecule has 16 heavy (non-hydrogen) atoms. The average molecular weight is 220 g/mol. The Morgan fingerprint density at radius 3 is 2.69 bits per heavy atom. The fourth-order valence-corrected chi connectivity index (χ4v) is 1.31. The molecule has 0 aliphatic heterocycles. The molecule has 3 nitrogen and oxygen atoms in total. The van der Waals surface area contributed by atoms with Gasteiger partial charge in [0.1, 0.15) is 11.9 Å². The van der Waals surface area contributed by atoms with E-state index >= 15 is 0 Å². The largest absolute Gasteiger partial charge is 0.490 e. The fourth-order valence-electron chi connectivity index (χ4n) is 1.31. The summed E-state index contributed by atoms with van der Waals surface area (Å²) in [6.07, 6.45) is 4.26. The summed E-state index contributed by atoms with van der Waals surface area (Å²) in [4.78, 5) is 10.3. The summed E-state index contributed by atoms with van der Waals surface area (Å²) in [5, 5.41) is 8.46. The molecule has 1 aromatic carbocycles. The van der Waals surface area contributed by atoms with Crippen molar-refractivity contribution in [3.8, 4) is 5.75 Å². The summed E-state index contributed by atoms with van der Waals surface area (Å²) < 4.78 is 5.70. The fraction of sp³-hybridized carbons (Fsp3) is 0.308. The van der Waals surface area contributed by atoms with E-state index in [0.29, 0.717) is 6.42 Å². The molecular weight excluding hydrogens is 204 g/mol. The Labute approximate surface area is 95.4 Å². The lowest BCUT2D eigenvalue weighted by atomic mass is 10.2. The Morgan fingerprint density at radius 2 is 2.12 bits per heavy atom. The molecule has 0 aromatic heterocycles. The Bertz CT molecular complexity index is 343. The molecule has 0 spiro atoms. The van der Waals surface area contributed by atoms with Crippen molar-refractivity contribution in [3.63, 3.8) is 0 Å². The van der Waals surface area contributed by atoms with Crippen LogP contribution in [0.5, 0.6) is 5.75 Å². The first-order valence-electron chi connectivity index (χ1n) is 5.33. The van der Waals surface area contributed by atoms with Crippen LogP contribution < -0.4 is 4.74 Å². The van der Waals surface area contributed by atoms with Gasteiger partial charge >= 0.3 is 5.97 Å². The van der Waals surface area contributed by atoms with Crippen molar-refractivity contribution in [1.29, 1.82) is 0 Å². The highest BCUT2D eigenvalue weighted by atomic mass is 16.5. The number of carboxylic acid groups (broad SMARTS) is 1. The van der Waals surface area contributed by atoms with E-state index in [1.54, 1.807) is 6.08 Å². The first kappa shape index (κ1) is 12.3. The van der Waals surface area contributed by atoms with Gasteiger partial charge in [-0.15, -0.1) is 0 Å². The van der Waals surface area contributed by atoms with Gasteiger partial charge in [-0.1, -0.05) is 31.2 Å². The van der Waals surface area contributed by atoms with Crippen molar-refractivity contribution >= 4 is 5.97 Å². The first-order valence-corrected chi connectivity index (χ1v) is 5.33. The molecule has 1 atom stereocenters. The highest BCUT2D eigenvalue weighted by Gasteiger charge is 2.05.